The first-order valence-electron chi connectivity index (χ1n) is 6.76. The molecule has 2 N–H and O–H groups in total. The summed E-state index contributed by atoms with van der Waals surface area (Å²) in [4.78, 5) is -0.420. The third kappa shape index (κ3) is 3.71. The number of aryl methyl sites for hydroxylation is 1. The van der Waals surface area contributed by atoms with Gasteiger partial charge in [-0.1, -0.05) is 36.4 Å². The largest absolute Gasteiger partial charge is 0.384 e. The van der Waals surface area contributed by atoms with Gasteiger partial charge in [0.05, 0.1) is 0 Å². The minimum Gasteiger partial charge on any atom is -0.384 e. The van der Waals surface area contributed by atoms with Crippen molar-refractivity contribution in [3.8, 4) is 0 Å². The number of hydrogen-bond donors (Lipinski definition) is 2. The summed E-state index contributed by atoms with van der Waals surface area (Å²) in [5.74, 6) is -0.822. The van der Waals surface area contributed by atoms with Crippen LogP contribution in [-0.4, -0.2) is 20.1 Å². The molecular weight excluding hydrogens is 305 g/mol. The number of rotatable bonds is 5. The highest BCUT2D eigenvalue weighted by Crippen LogP contribution is 2.21. The molecule has 0 fully saturated rings. The van der Waals surface area contributed by atoms with E-state index in [9.17, 15) is 17.9 Å². The van der Waals surface area contributed by atoms with Gasteiger partial charge in [-0.15, -0.1) is 0 Å². The second-order valence-corrected chi connectivity index (χ2v) is 7.13. The smallest absolute Gasteiger partial charge is 0.243 e. The average Bonchev–Trinajstić information content (AvgIpc) is 2.49. The van der Waals surface area contributed by atoms with Crippen molar-refractivity contribution in [2.75, 3.05) is 6.54 Å². The molecule has 0 saturated heterocycles. The third-order valence-electron chi connectivity index (χ3n) is 3.38. The van der Waals surface area contributed by atoms with Gasteiger partial charge < -0.3 is 5.11 Å². The first kappa shape index (κ1) is 16.6. The second kappa shape index (κ2) is 6.16. The zero-order valence-electron chi connectivity index (χ0n) is 12.4. The highest BCUT2D eigenvalue weighted by molar-refractivity contribution is 7.89. The van der Waals surface area contributed by atoms with Gasteiger partial charge in [0, 0.05) is 6.54 Å². The normalized spacial score (nSPS) is 14.5. The summed E-state index contributed by atoms with van der Waals surface area (Å²) in [6.07, 6.45) is 0. The van der Waals surface area contributed by atoms with Gasteiger partial charge in [0.1, 0.15) is 16.3 Å². The predicted octanol–water partition coefficient (Wildman–Crippen LogP) is 2.32. The topological polar surface area (TPSA) is 66.4 Å². The van der Waals surface area contributed by atoms with Crippen LogP contribution in [0.5, 0.6) is 0 Å². The van der Waals surface area contributed by atoms with Gasteiger partial charge in [0.25, 0.3) is 0 Å². The number of hydrogen-bond acceptors (Lipinski definition) is 3. The molecule has 2 rings (SSSR count). The van der Waals surface area contributed by atoms with E-state index >= 15 is 0 Å². The Labute approximate surface area is 129 Å². The lowest BCUT2D eigenvalue weighted by Crippen LogP contribution is -2.38. The number of sulfonamides is 1. The van der Waals surface area contributed by atoms with Crippen LogP contribution in [0.3, 0.4) is 0 Å². The van der Waals surface area contributed by atoms with Crippen molar-refractivity contribution in [3.63, 3.8) is 0 Å². The lowest BCUT2D eigenvalue weighted by molar-refractivity contribution is 0.0627. The third-order valence-corrected chi connectivity index (χ3v) is 4.79. The molecule has 0 aromatic heterocycles. The molecule has 0 heterocycles. The fourth-order valence-corrected chi connectivity index (χ4v) is 3.32. The zero-order valence-corrected chi connectivity index (χ0v) is 13.2. The molecule has 0 saturated carbocycles. The van der Waals surface area contributed by atoms with E-state index in [1.807, 2.05) is 0 Å². The van der Waals surface area contributed by atoms with Gasteiger partial charge in [-0.3, -0.25) is 0 Å². The SMILES string of the molecule is Cc1ccc(F)c(S(=O)(=O)NCC(C)(O)c2ccccc2)c1. The van der Waals surface area contributed by atoms with Crippen LogP contribution < -0.4 is 4.72 Å². The molecule has 2 aromatic rings. The summed E-state index contributed by atoms with van der Waals surface area (Å²) in [7, 11) is -4.04. The Hall–Kier alpha value is -1.76. The van der Waals surface area contributed by atoms with Gasteiger partial charge in [0.2, 0.25) is 10.0 Å². The summed E-state index contributed by atoms with van der Waals surface area (Å²) in [5, 5.41) is 10.4. The van der Waals surface area contributed by atoms with E-state index in [1.54, 1.807) is 37.3 Å². The van der Waals surface area contributed by atoms with Crippen molar-refractivity contribution in [1.29, 1.82) is 0 Å². The molecule has 0 amide bonds. The van der Waals surface area contributed by atoms with E-state index in [2.05, 4.69) is 4.72 Å². The molecule has 6 heteroatoms. The summed E-state index contributed by atoms with van der Waals surface area (Å²) in [6.45, 7) is 2.92. The molecule has 4 nitrogen and oxygen atoms in total. The minimum atomic E-state index is -4.04. The molecule has 0 spiro atoms. The molecule has 0 aliphatic rings. The molecule has 2 aromatic carbocycles. The van der Waals surface area contributed by atoms with Crippen LogP contribution in [0.4, 0.5) is 4.39 Å². The molecule has 0 bridgehead atoms. The lowest BCUT2D eigenvalue weighted by atomic mass is 9.97. The van der Waals surface area contributed by atoms with E-state index in [0.717, 1.165) is 6.07 Å². The summed E-state index contributed by atoms with van der Waals surface area (Å²) in [6, 6.07) is 12.6. The summed E-state index contributed by atoms with van der Waals surface area (Å²) in [5.41, 5.74) is -0.187. The Kier molecular flexibility index (Phi) is 4.65. The highest BCUT2D eigenvalue weighted by Gasteiger charge is 2.27. The van der Waals surface area contributed by atoms with Gasteiger partial charge in [0.15, 0.2) is 0 Å². The number of aliphatic hydroxyl groups is 1. The Morgan fingerprint density at radius 2 is 1.82 bits per heavy atom. The highest BCUT2D eigenvalue weighted by atomic mass is 32.2. The molecule has 118 valence electrons. The lowest BCUT2D eigenvalue weighted by Gasteiger charge is -2.24. The molecular formula is C16H18FNO3S. The first-order valence-corrected chi connectivity index (χ1v) is 8.24. The standard InChI is InChI=1S/C16H18FNO3S/c1-12-8-9-14(17)15(10-12)22(20,21)18-11-16(2,19)13-6-4-3-5-7-13/h3-10,18-19H,11H2,1-2H3. The maximum atomic E-state index is 13.7. The van der Waals surface area contributed by atoms with Crippen molar-refractivity contribution in [2.45, 2.75) is 24.3 Å². The zero-order chi connectivity index (χ0) is 16.4. The number of benzene rings is 2. The molecule has 0 aliphatic carbocycles. The molecule has 1 unspecified atom stereocenters. The quantitative estimate of drug-likeness (QED) is 0.887. The van der Waals surface area contributed by atoms with E-state index in [-0.39, 0.29) is 6.54 Å². The van der Waals surface area contributed by atoms with Crippen LogP contribution >= 0.6 is 0 Å². The van der Waals surface area contributed by atoms with Crippen LogP contribution in [0.25, 0.3) is 0 Å². The predicted molar refractivity (Wildman–Crippen MR) is 82.3 cm³/mol. The average molecular weight is 323 g/mol. The van der Waals surface area contributed by atoms with Crippen molar-refractivity contribution in [1.82, 2.24) is 4.72 Å². The van der Waals surface area contributed by atoms with E-state index in [0.29, 0.717) is 11.1 Å². The van der Waals surface area contributed by atoms with Crippen LogP contribution in [0.2, 0.25) is 0 Å². The molecule has 22 heavy (non-hydrogen) atoms. The van der Waals surface area contributed by atoms with Gasteiger partial charge >= 0.3 is 0 Å². The van der Waals surface area contributed by atoms with Crippen LogP contribution in [0.1, 0.15) is 18.1 Å². The van der Waals surface area contributed by atoms with Crippen molar-refractivity contribution in [3.05, 3.63) is 65.5 Å². The van der Waals surface area contributed by atoms with Crippen molar-refractivity contribution >= 4 is 10.0 Å². The van der Waals surface area contributed by atoms with E-state index in [1.165, 1.54) is 19.1 Å². The second-order valence-electron chi connectivity index (χ2n) is 5.40. The molecule has 0 radical (unpaired) electrons. The maximum absolute atomic E-state index is 13.7. The van der Waals surface area contributed by atoms with Gasteiger partial charge in [-0.25, -0.2) is 17.5 Å². The fraction of sp³-hybridized carbons (Fsp3) is 0.250. The first-order chi connectivity index (χ1) is 10.2. The van der Waals surface area contributed by atoms with E-state index in [4.69, 9.17) is 0 Å². The van der Waals surface area contributed by atoms with Gasteiger partial charge in [-0.05, 0) is 37.1 Å². The van der Waals surface area contributed by atoms with Crippen LogP contribution in [0, 0.1) is 12.7 Å². The van der Waals surface area contributed by atoms with Gasteiger partial charge in [-0.2, -0.15) is 0 Å². The molecule has 0 aliphatic heterocycles. The Balaban J connectivity index is 2.21. The Bertz CT molecular complexity index is 758. The summed E-state index contributed by atoms with van der Waals surface area (Å²) >= 11 is 0. The van der Waals surface area contributed by atoms with Crippen molar-refractivity contribution in [2.24, 2.45) is 0 Å². The number of nitrogens with one attached hydrogen (secondary N) is 1. The maximum Gasteiger partial charge on any atom is 0.243 e. The summed E-state index contributed by atoms with van der Waals surface area (Å²) < 4.78 is 40.4. The van der Waals surface area contributed by atoms with Crippen LogP contribution in [0.15, 0.2) is 53.4 Å². The van der Waals surface area contributed by atoms with Crippen molar-refractivity contribution < 1.29 is 17.9 Å². The van der Waals surface area contributed by atoms with Crippen LogP contribution in [-0.2, 0) is 15.6 Å². The minimum absolute atomic E-state index is 0.257. The van der Waals surface area contributed by atoms with E-state index < -0.39 is 26.3 Å². The number of halogens is 1. The monoisotopic (exact) mass is 323 g/mol. The molecule has 1 atom stereocenters. The fourth-order valence-electron chi connectivity index (χ4n) is 2.03. The Morgan fingerprint density at radius 3 is 2.45 bits per heavy atom. The Morgan fingerprint density at radius 1 is 1.18 bits per heavy atom.